The first kappa shape index (κ1) is 12.8. The van der Waals surface area contributed by atoms with Gasteiger partial charge in [-0.25, -0.2) is 0 Å². The Balaban J connectivity index is 2.46. The van der Waals surface area contributed by atoms with Crippen molar-refractivity contribution < 1.29 is 5.11 Å². The van der Waals surface area contributed by atoms with Crippen LogP contribution in [0, 0.1) is 11.3 Å². The summed E-state index contributed by atoms with van der Waals surface area (Å²) in [6.45, 7) is 6.18. The van der Waals surface area contributed by atoms with Crippen molar-refractivity contribution in [1.82, 2.24) is 4.90 Å². The minimum Gasteiger partial charge on any atom is -0.389 e. The van der Waals surface area contributed by atoms with E-state index in [0.717, 1.165) is 25.9 Å². The van der Waals surface area contributed by atoms with E-state index in [1.165, 1.54) is 0 Å². The minimum atomic E-state index is -0.633. The number of hydrogen-bond acceptors (Lipinski definition) is 4. The van der Waals surface area contributed by atoms with Crippen LogP contribution < -0.4 is 0 Å². The fourth-order valence-corrected chi connectivity index (χ4v) is 2.66. The van der Waals surface area contributed by atoms with Crippen LogP contribution in [0.2, 0.25) is 0 Å². The topological polar surface area (TPSA) is 47.3 Å². The van der Waals surface area contributed by atoms with Crippen molar-refractivity contribution in [1.29, 1.82) is 5.26 Å². The van der Waals surface area contributed by atoms with Crippen molar-refractivity contribution in [3.05, 3.63) is 0 Å². The molecule has 0 radical (unpaired) electrons. The van der Waals surface area contributed by atoms with Crippen molar-refractivity contribution >= 4 is 11.8 Å². The van der Waals surface area contributed by atoms with Gasteiger partial charge in [0.05, 0.1) is 11.7 Å². The quantitative estimate of drug-likeness (QED) is 0.795. The number of nitriles is 1. The van der Waals surface area contributed by atoms with E-state index in [-0.39, 0.29) is 4.75 Å². The van der Waals surface area contributed by atoms with Crippen LogP contribution in [-0.4, -0.2) is 46.2 Å². The van der Waals surface area contributed by atoms with Gasteiger partial charge in [-0.1, -0.05) is 0 Å². The number of rotatable bonds is 3. The van der Waals surface area contributed by atoms with Crippen molar-refractivity contribution in [3.8, 4) is 6.07 Å². The van der Waals surface area contributed by atoms with Gasteiger partial charge in [0, 0.05) is 19.6 Å². The lowest BCUT2D eigenvalue weighted by molar-refractivity contribution is 0.0287. The van der Waals surface area contributed by atoms with E-state index in [1.807, 2.05) is 20.1 Å². The Morgan fingerprint density at radius 2 is 2.00 bits per heavy atom. The molecule has 0 saturated carbocycles. The fourth-order valence-electron chi connectivity index (χ4n) is 1.98. The first-order valence-corrected chi connectivity index (χ1v) is 6.54. The molecule has 1 aliphatic heterocycles. The summed E-state index contributed by atoms with van der Waals surface area (Å²) in [5.41, 5.74) is -0.633. The van der Waals surface area contributed by atoms with E-state index in [1.54, 1.807) is 11.8 Å². The summed E-state index contributed by atoms with van der Waals surface area (Å²) in [5, 5.41) is 18.8. The SMILES string of the molecule is CSC1(C#N)CCN(CC(C)(C)O)CC1. The Morgan fingerprint density at radius 3 is 2.33 bits per heavy atom. The zero-order valence-corrected chi connectivity index (χ0v) is 10.6. The van der Waals surface area contributed by atoms with Crippen LogP contribution in [0.3, 0.4) is 0 Å². The lowest BCUT2D eigenvalue weighted by atomic mass is 9.96. The normalized spacial score (nSPS) is 22.3. The van der Waals surface area contributed by atoms with Crippen LogP contribution in [-0.2, 0) is 0 Å². The third-order valence-electron chi connectivity index (χ3n) is 2.87. The molecule has 86 valence electrons. The molecule has 0 amide bonds. The fraction of sp³-hybridized carbons (Fsp3) is 0.909. The molecule has 4 heteroatoms. The van der Waals surface area contributed by atoms with Gasteiger partial charge in [0.25, 0.3) is 0 Å². The van der Waals surface area contributed by atoms with Crippen LogP contribution in [0.25, 0.3) is 0 Å². The third-order valence-corrected chi connectivity index (χ3v) is 4.15. The number of piperidine rings is 1. The number of likely N-dealkylation sites (tertiary alicyclic amines) is 1. The van der Waals surface area contributed by atoms with E-state index in [9.17, 15) is 5.11 Å². The molecule has 0 unspecified atom stereocenters. The predicted molar refractivity (Wildman–Crippen MR) is 63.8 cm³/mol. The molecule has 0 atom stereocenters. The molecular formula is C11H20N2OS. The maximum absolute atomic E-state index is 9.70. The largest absolute Gasteiger partial charge is 0.389 e. The lowest BCUT2D eigenvalue weighted by Gasteiger charge is -2.38. The number of thioether (sulfide) groups is 1. The molecule has 0 aliphatic carbocycles. The van der Waals surface area contributed by atoms with Gasteiger partial charge in [-0.3, -0.25) is 0 Å². The molecule has 0 aromatic heterocycles. The van der Waals surface area contributed by atoms with Crippen molar-refractivity contribution in [3.63, 3.8) is 0 Å². The minimum absolute atomic E-state index is 0.184. The van der Waals surface area contributed by atoms with E-state index >= 15 is 0 Å². The van der Waals surface area contributed by atoms with Crippen LogP contribution in [0.5, 0.6) is 0 Å². The Labute approximate surface area is 96.5 Å². The summed E-state index contributed by atoms with van der Waals surface area (Å²) in [6, 6.07) is 2.42. The second kappa shape index (κ2) is 4.73. The molecule has 1 rings (SSSR count). The highest BCUT2D eigenvalue weighted by molar-refractivity contribution is 8.00. The van der Waals surface area contributed by atoms with Crippen LogP contribution in [0.4, 0.5) is 0 Å². The molecule has 15 heavy (non-hydrogen) atoms. The second-order valence-electron chi connectivity index (χ2n) is 4.90. The Bertz CT molecular complexity index is 246. The van der Waals surface area contributed by atoms with E-state index in [2.05, 4.69) is 11.0 Å². The molecule has 0 aromatic rings. The number of aliphatic hydroxyl groups is 1. The Morgan fingerprint density at radius 1 is 1.47 bits per heavy atom. The predicted octanol–water partition coefficient (Wildman–Crippen LogP) is 1.48. The summed E-state index contributed by atoms with van der Waals surface area (Å²) >= 11 is 1.66. The maximum atomic E-state index is 9.70. The van der Waals surface area contributed by atoms with Gasteiger partial charge in [0.2, 0.25) is 0 Å². The van der Waals surface area contributed by atoms with Crippen molar-refractivity contribution in [2.24, 2.45) is 0 Å². The molecule has 0 aromatic carbocycles. The average molecular weight is 228 g/mol. The first-order valence-electron chi connectivity index (χ1n) is 5.32. The van der Waals surface area contributed by atoms with Gasteiger partial charge in [-0.05, 0) is 32.9 Å². The lowest BCUT2D eigenvalue weighted by Crippen LogP contribution is -2.46. The number of nitrogens with zero attached hydrogens (tertiary/aromatic N) is 2. The van der Waals surface area contributed by atoms with Gasteiger partial charge >= 0.3 is 0 Å². The molecule has 1 fully saturated rings. The highest BCUT2D eigenvalue weighted by Crippen LogP contribution is 2.33. The highest BCUT2D eigenvalue weighted by atomic mass is 32.2. The standard InChI is InChI=1S/C11H20N2OS/c1-10(2,14)9-13-6-4-11(8-12,15-3)5-7-13/h14H,4-7,9H2,1-3H3. The van der Waals surface area contributed by atoms with E-state index in [0.29, 0.717) is 6.54 Å². The van der Waals surface area contributed by atoms with Gasteiger partial charge in [-0.15, -0.1) is 11.8 Å². The van der Waals surface area contributed by atoms with E-state index < -0.39 is 5.60 Å². The van der Waals surface area contributed by atoms with Gasteiger partial charge in [0.15, 0.2) is 0 Å². The molecule has 0 bridgehead atoms. The highest BCUT2D eigenvalue weighted by Gasteiger charge is 2.34. The maximum Gasteiger partial charge on any atom is 0.104 e. The van der Waals surface area contributed by atoms with Gasteiger partial charge in [0.1, 0.15) is 4.75 Å². The molecule has 1 saturated heterocycles. The third kappa shape index (κ3) is 3.67. The van der Waals surface area contributed by atoms with E-state index in [4.69, 9.17) is 5.26 Å². The van der Waals surface area contributed by atoms with Crippen LogP contribution in [0.15, 0.2) is 0 Å². The van der Waals surface area contributed by atoms with Crippen LogP contribution in [0.1, 0.15) is 26.7 Å². The molecule has 3 nitrogen and oxygen atoms in total. The zero-order chi connectivity index (χ0) is 11.5. The van der Waals surface area contributed by atoms with Gasteiger partial charge in [-0.2, -0.15) is 5.26 Å². The smallest absolute Gasteiger partial charge is 0.104 e. The molecule has 1 N–H and O–H groups in total. The summed E-state index contributed by atoms with van der Waals surface area (Å²) in [7, 11) is 0. The van der Waals surface area contributed by atoms with Crippen molar-refractivity contribution in [2.45, 2.75) is 37.0 Å². The van der Waals surface area contributed by atoms with Crippen molar-refractivity contribution in [2.75, 3.05) is 25.9 Å². The number of hydrogen-bond donors (Lipinski definition) is 1. The molecular weight excluding hydrogens is 208 g/mol. The second-order valence-corrected chi connectivity index (χ2v) is 6.09. The average Bonchev–Trinajstić information content (AvgIpc) is 2.17. The molecule has 1 aliphatic rings. The van der Waals surface area contributed by atoms with Gasteiger partial charge < -0.3 is 10.0 Å². The number of β-amino-alcohol motifs (C(OH)–C–C–N with tert-alkyl or cyclic N) is 1. The van der Waals surface area contributed by atoms with Crippen LogP contribution >= 0.6 is 11.8 Å². The summed E-state index contributed by atoms with van der Waals surface area (Å²) in [5.74, 6) is 0. The Hall–Kier alpha value is -0.240. The summed E-state index contributed by atoms with van der Waals surface area (Å²) in [4.78, 5) is 2.24. The first-order chi connectivity index (χ1) is 6.91. The summed E-state index contributed by atoms with van der Waals surface area (Å²) in [6.07, 6.45) is 3.82. The summed E-state index contributed by atoms with van der Waals surface area (Å²) < 4.78 is -0.184. The zero-order valence-electron chi connectivity index (χ0n) is 9.79. The molecule has 0 spiro atoms. The Kier molecular flexibility index (Phi) is 4.05. The monoisotopic (exact) mass is 228 g/mol. The molecule has 1 heterocycles.